The lowest BCUT2D eigenvalue weighted by Crippen LogP contribution is -1.88. The van der Waals surface area contributed by atoms with Crippen LogP contribution < -0.4 is 4.52 Å². The van der Waals surface area contributed by atoms with Crippen molar-refractivity contribution in [3.63, 3.8) is 0 Å². The molecule has 0 unspecified atom stereocenters. The molecule has 0 aromatic heterocycles. The molecule has 0 spiro atoms. The Hall–Kier alpha value is -1.23. The summed E-state index contributed by atoms with van der Waals surface area (Å²) in [6.45, 7) is 0. The molecule has 0 aliphatic carbocycles. The topological polar surface area (TPSA) is 92.8 Å². The molecule has 6 nitrogen and oxygen atoms in total. The van der Waals surface area contributed by atoms with E-state index in [1.807, 2.05) is 0 Å². The van der Waals surface area contributed by atoms with Gasteiger partial charge in [0, 0.05) is 12.1 Å². The van der Waals surface area contributed by atoms with Crippen molar-refractivity contribution in [2.24, 2.45) is 0 Å². The average Bonchev–Trinajstić information content (AvgIpc) is 2.04. The second-order valence-electron chi connectivity index (χ2n) is 2.14. The molecule has 70 valence electrons. The van der Waals surface area contributed by atoms with Crippen molar-refractivity contribution in [2.45, 2.75) is 0 Å². The highest BCUT2D eigenvalue weighted by atomic mass is 31.2. The number of hydrogen-bond donors (Lipinski definition) is 2. The fourth-order valence-electron chi connectivity index (χ4n) is 0.741. The zero-order chi connectivity index (χ0) is 9.84. The van der Waals surface area contributed by atoms with Crippen LogP contribution in [0.5, 0.6) is 5.75 Å². The fraction of sp³-hybridized carbons (Fsp3) is 0. The lowest BCUT2D eigenvalue weighted by molar-refractivity contribution is -0.384. The summed E-state index contributed by atoms with van der Waals surface area (Å²) in [5.41, 5.74) is -0.0722. The smallest absolute Gasteiger partial charge is 0.290 e. The van der Waals surface area contributed by atoms with Crippen LogP contribution in [0.4, 0.5) is 5.69 Å². The monoisotopic (exact) mass is 204 g/mol. The molecule has 13 heavy (non-hydrogen) atoms. The van der Waals surface area contributed by atoms with E-state index in [0.717, 1.165) is 0 Å². The van der Waals surface area contributed by atoms with Gasteiger partial charge in [-0.25, -0.2) is 0 Å². The Balaban J connectivity index is 2.75. The standard InChI is InChI=1S/C6H7NO5P/c8-7(9)5-1-3-6(4-2-5)12-13(10)11/h1-4,10-11,13H/q+1. The van der Waals surface area contributed by atoms with Crippen molar-refractivity contribution < 1.29 is 19.2 Å². The SMILES string of the molecule is O=[N+]([O-])c1ccc(O[PH+](O)O)cc1. The summed E-state index contributed by atoms with van der Waals surface area (Å²) in [4.78, 5) is 26.6. The summed E-state index contributed by atoms with van der Waals surface area (Å²) in [5, 5.41) is 10.2. The molecule has 0 saturated heterocycles. The van der Waals surface area contributed by atoms with Crippen LogP contribution in [-0.2, 0) is 0 Å². The fourth-order valence-corrected chi connectivity index (χ4v) is 1.09. The molecule has 0 heterocycles. The Labute approximate surface area is 74.5 Å². The van der Waals surface area contributed by atoms with Gasteiger partial charge < -0.3 is 0 Å². The van der Waals surface area contributed by atoms with Crippen LogP contribution in [0, 0.1) is 10.1 Å². The quantitative estimate of drug-likeness (QED) is 0.433. The third-order valence-electron chi connectivity index (χ3n) is 1.26. The predicted molar refractivity (Wildman–Crippen MR) is 46.5 cm³/mol. The van der Waals surface area contributed by atoms with Crippen molar-refractivity contribution in [3.05, 3.63) is 34.4 Å². The Morgan fingerprint density at radius 3 is 2.23 bits per heavy atom. The van der Waals surface area contributed by atoms with E-state index < -0.39 is 13.5 Å². The second-order valence-corrected chi connectivity index (χ2v) is 2.90. The normalized spacial score (nSPS) is 10.1. The summed E-state index contributed by atoms with van der Waals surface area (Å²) in [7, 11) is -2.79. The molecular weight excluding hydrogens is 197 g/mol. The van der Waals surface area contributed by atoms with Gasteiger partial charge in [0.1, 0.15) is 0 Å². The Kier molecular flexibility index (Phi) is 3.13. The van der Waals surface area contributed by atoms with Crippen LogP contribution in [0.3, 0.4) is 0 Å². The molecule has 0 atom stereocenters. The van der Waals surface area contributed by atoms with E-state index in [1.165, 1.54) is 24.3 Å². The van der Waals surface area contributed by atoms with Gasteiger partial charge in [0.15, 0.2) is 5.75 Å². The van der Waals surface area contributed by atoms with E-state index >= 15 is 0 Å². The van der Waals surface area contributed by atoms with Crippen molar-refractivity contribution in [3.8, 4) is 5.75 Å². The van der Waals surface area contributed by atoms with E-state index in [9.17, 15) is 10.1 Å². The summed E-state index contributed by atoms with van der Waals surface area (Å²) in [5.74, 6) is 0.199. The van der Waals surface area contributed by atoms with E-state index in [1.54, 1.807) is 0 Å². The molecule has 0 amide bonds. The van der Waals surface area contributed by atoms with Crippen LogP contribution in [0.25, 0.3) is 0 Å². The molecule has 0 aliphatic heterocycles. The van der Waals surface area contributed by atoms with Gasteiger partial charge in [-0.15, -0.1) is 0 Å². The number of nitro groups is 1. The van der Waals surface area contributed by atoms with Gasteiger partial charge in [-0.3, -0.25) is 14.6 Å². The van der Waals surface area contributed by atoms with Crippen LogP contribution >= 0.6 is 8.60 Å². The predicted octanol–water partition coefficient (Wildman–Crippen LogP) is 0.917. The minimum atomic E-state index is -2.79. The zero-order valence-electron chi connectivity index (χ0n) is 6.38. The van der Waals surface area contributed by atoms with Crippen LogP contribution in [-0.4, -0.2) is 14.7 Å². The maximum atomic E-state index is 10.2. The number of nitro benzene ring substituents is 1. The van der Waals surface area contributed by atoms with Crippen molar-refractivity contribution in [1.82, 2.24) is 0 Å². The highest BCUT2D eigenvalue weighted by Crippen LogP contribution is 2.29. The van der Waals surface area contributed by atoms with E-state index in [4.69, 9.17) is 9.79 Å². The lowest BCUT2D eigenvalue weighted by atomic mass is 10.3. The van der Waals surface area contributed by atoms with Crippen molar-refractivity contribution >= 4 is 14.3 Å². The zero-order valence-corrected chi connectivity index (χ0v) is 7.38. The lowest BCUT2D eigenvalue weighted by Gasteiger charge is -1.96. The average molecular weight is 204 g/mol. The molecule has 0 aliphatic rings. The number of rotatable bonds is 3. The first-order valence-corrected chi connectivity index (χ1v) is 4.57. The summed E-state index contributed by atoms with van der Waals surface area (Å²) >= 11 is 0. The molecule has 1 aromatic carbocycles. The minimum absolute atomic E-state index is 0.0722. The summed E-state index contributed by atoms with van der Waals surface area (Å²) in [6, 6.07) is 5.05. The Morgan fingerprint density at radius 1 is 1.31 bits per heavy atom. The molecule has 0 saturated carbocycles. The number of hydrogen-bond acceptors (Lipinski definition) is 5. The maximum Gasteiger partial charge on any atom is 0.439 e. The first kappa shape index (κ1) is 9.85. The highest BCUT2D eigenvalue weighted by molar-refractivity contribution is 7.39. The summed E-state index contributed by atoms with van der Waals surface area (Å²) < 4.78 is 4.54. The number of benzene rings is 1. The van der Waals surface area contributed by atoms with Gasteiger partial charge in [0.2, 0.25) is 0 Å². The summed E-state index contributed by atoms with van der Waals surface area (Å²) in [6.07, 6.45) is 0. The number of nitrogens with zero attached hydrogens (tertiary/aromatic N) is 1. The van der Waals surface area contributed by atoms with E-state index in [0.29, 0.717) is 0 Å². The van der Waals surface area contributed by atoms with Crippen LogP contribution in [0.2, 0.25) is 0 Å². The molecule has 1 aromatic rings. The van der Waals surface area contributed by atoms with Gasteiger partial charge in [-0.2, -0.15) is 9.79 Å². The van der Waals surface area contributed by atoms with Crippen molar-refractivity contribution in [1.29, 1.82) is 0 Å². The van der Waals surface area contributed by atoms with Gasteiger partial charge >= 0.3 is 8.60 Å². The molecular formula is C6H7NO5P+. The third-order valence-corrected chi connectivity index (χ3v) is 1.67. The molecule has 0 fully saturated rings. The van der Waals surface area contributed by atoms with Gasteiger partial charge in [0.25, 0.3) is 5.69 Å². The van der Waals surface area contributed by atoms with Gasteiger partial charge in [-0.1, -0.05) is 0 Å². The molecule has 1 rings (SSSR count). The minimum Gasteiger partial charge on any atom is -0.290 e. The second kappa shape index (κ2) is 4.13. The molecule has 0 radical (unpaired) electrons. The highest BCUT2D eigenvalue weighted by Gasteiger charge is 2.10. The van der Waals surface area contributed by atoms with Crippen LogP contribution in [0.1, 0.15) is 0 Å². The molecule has 7 heteroatoms. The largest absolute Gasteiger partial charge is 0.439 e. The van der Waals surface area contributed by atoms with Crippen LogP contribution in [0.15, 0.2) is 24.3 Å². The van der Waals surface area contributed by atoms with Gasteiger partial charge in [-0.05, 0) is 12.1 Å². The maximum absolute atomic E-state index is 10.2. The first-order valence-electron chi connectivity index (χ1n) is 3.27. The molecule has 0 bridgehead atoms. The Bertz CT molecular complexity index is 298. The van der Waals surface area contributed by atoms with Gasteiger partial charge in [0.05, 0.1) is 4.92 Å². The Morgan fingerprint density at radius 2 is 1.85 bits per heavy atom. The third kappa shape index (κ3) is 2.95. The first-order chi connectivity index (χ1) is 6.09. The van der Waals surface area contributed by atoms with Crippen molar-refractivity contribution in [2.75, 3.05) is 0 Å². The number of non-ortho nitro benzene ring substituents is 1. The van der Waals surface area contributed by atoms with E-state index in [2.05, 4.69) is 4.52 Å². The molecule has 2 N–H and O–H groups in total. The van der Waals surface area contributed by atoms with E-state index in [-0.39, 0.29) is 11.4 Å².